The lowest BCUT2D eigenvalue weighted by Crippen LogP contribution is -2.43. The highest BCUT2D eigenvalue weighted by molar-refractivity contribution is 5.92. The van der Waals surface area contributed by atoms with Gasteiger partial charge in [0, 0.05) is 25.6 Å². The van der Waals surface area contributed by atoms with Crippen molar-refractivity contribution in [3.8, 4) is 0 Å². The first kappa shape index (κ1) is 17.5. The molecule has 0 radical (unpaired) electrons. The topological polar surface area (TPSA) is 136 Å². The maximum atomic E-state index is 12.1. The van der Waals surface area contributed by atoms with Crippen LogP contribution in [0.15, 0.2) is 16.8 Å². The van der Waals surface area contributed by atoms with Gasteiger partial charge in [-0.1, -0.05) is 10.4 Å². The second-order valence-electron chi connectivity index (χ2n) is 6.24. The highest BCUT2D eigenvalue weighted by Gasteiger charge is 2.42. The van der Waals surface area contributed by atoms with E-state index in [-0.39, 0.29) is 11.6 Å². The molecule has 136 valence electrons. The predicted octanol–water partition coefficient (Wildman–Crippen LogP) is -0.739. The van der Waals surface area contributed by atoms with Gasteiger partial charge in [-0.2, -0.15) is 0 Å². The molecule has 0 unspecified atom stereocenters. The summed E-state index contributed by atoms with van der Waals surface area (Å²) in [6.07, 6.45) is 0.0974. The average molecular weight is 351 g/mol. The summed E-state index contributed by atoms with van der Waals surface area (Å²) >= 11 is 0. The quantitative estimate of drug-likeness (QED) is 0.619. The number of hydrogen-bond acceptors (Lipinski definition) is 8. The van der Waals surface area contributed by atoms with Gasteiger partial charge in [0.1, 0.15) is 17.6 Å². The third-order valence-electron chi connectivity index (χ3n) is 4.28. The standard InChI is InChI=1S/C15H21N5O5/c1-8-3-12(18-25-8)15(23)16-11-4-9(13(21)14(11)22)5-20-6-10(7-24-2)17-19-20/h3,6,9,11,13-14,21-22H,4-5,7H2,1-2H3,(H,16,23)/t9-,11-,13-,14+/m1/s1. The molecule has 1 saturated carbocycles. The minimum absolute atomic E-state index is 0.142. The van der Waals surface area contributed by atoms with Crippen molar-refractivity contribution < 1.29 is 24.3 Å². The van der Waals surface area contributed by atoms with Gasteiger partial charge >= 0.3 is 0 Å². The van der Waals surface area contributed by atoms with E-state index >= 15 is 0 Å². The zero-order valence-corrected chi connectivity index (χ0v) is 14.0. The lowest BCUT2D eigenvalue weighted by atomic mass is 10.1. The largest absolute Gasteiger partial charge is 0.390 e. The summed E-state index contributed by atoms with van der Waals surface area (Å²) in [5.74, 6) is -0.193. The Bertz CT molecular complexity index is 729. The van der Waals surface area contributed by atoms with Crippen molar-refractivity contribution in [1.82, 2.24) is 25.5 Å². The van der Waals surface area contributed by atoms with Gasteiger partial charge in [0.25, 0.3) is 5.91 Å². The van der Waals surface area contributed by atoms with Crippen molar-refractivity contribution in [2.75, 3.05) is 7.11 Å². The molecule has 4 atom stereocenters. The Morgan fingerprint density at radius 2 is 2.28 bits per heavy atom. The van der Waals surface area contributed by atoms with Gasteiger partial charge in [0.05, 0.1) is 24.9 Å². The van der Waals surface area contributed by atoms with E-state index in [1.54, 1.807) is 24.9 Å². The van der Waals surface area contributed by atoms with E-state index in [4.69, 9.17) is 9.26 Å². The summed E-state index contributed by atoms with van der Waals surface area (Å²) in [6.45, 7) is 2.42. The number of nitrogens with zero attached hydrogens (tertiary/aromatic N) is 4. The monoisotopic (exact) mass is 351 g/mol. The molecule has 0 spiro atoms. The molecule has 0 saturated heterocycles. The molecule has 2 aromatic heterocycles. The Labute approximate surface area is 143 Å². The number of aliphatic hydroxyl groups excluding tert-OH is 2. The maximum Gasteiger partial charge on any atom is 0.273 e. The van der Waals surface area contributed by atoms with Crippen LogP contribution in [0, 0.1) is 12.8 Å². The van der Waals surface area contributed by atoms with Crippen molar-refractivity contribution in [2.24, 2.45) is 5.92 Å². The Kier molecular flexibility index (Phi) is 5.11. The lowest BCUT2D eigenvalue weighted by molar-refractivity contribution is 0.00757. The lowest BCUT2D eigenvalue weighted by Gasteiger charge is -2.17. The molecular formula is C15H21N5O5. The number of nitrogens with one attached hydrogen (secondary N) is 1. The Balaban J connectivity index is 1.61. The smallest absolute Gasteiger partial charge is 0.273 e. The predicted molar refractivity (Wildman–Crippen MR) is 83.3 cm³/mol. The third kappa shape index (κ3) is 3.86. The molecule has 1 amide bonds. The number of methoxy groups -OCH3 is 1. The number of amides is 1. The number of aliphatic hydroxyl groups is 2. The van der Waals surface area contributed by atoms with Crippen LogP contribution in [0.4, 0.5) is 0 Å². The van der Waals surface area contributed by atoms with E-state index in [0.29, 0.717) is 31.0 Å². The zero-order valence-electron chi connectivity index (χ0n) is 14.0. The summed E-state index contributed by atoms with van der Waals surface area (Å²) in [5, 5.41) is 34.8. The van der Waals surface area contributed by atoms with Crippen LogP contribution in [0.5, 0.6) is 0 Å². The van der Waals surface area contributed by atoms with E-state index in [1.807, 2.05) is 0 Å². The number of ether oxygens (including phenoxy) is 1. The molecule has 10 heteroatoms. The minimum Gasteiger partial charge on any atom is -0.390 e. The molecule has 2 aromatic rings. The summed E-state index contributed by atoms with van der Waals surface area (Å²) in [6, 6.07) is 0.934. The Morgan fingerprint density at radius 1 is 1.48 bits per heavy atom. The van der Waals surface area contributed by atoms with Crippen LogP contribution in [0.2, 0.25) is 0 Å². The Morgan fingerprint density at radius 3 is 2.96 bits per heavy atom. The molecule has 10 nitrogen and oxygen atoms in total. The summed E-state index contributed by atoms with van der Waals surface area (Å²) in [5.41, 5.74) is 0.824. The van der Waals surface area contributed by atoms with Crippen LogP contribution < -0.4 is 5.32 Å². The number of rotatable bonds is 6. The van der Waals surface area contributed by atoms with E-state index in [0.717, 1.165) is 0 Å². The molecule has 0 aliphatic heterocycles. The van der Waals surface area contributed by atoms with Crippen LogP contribution in [0.25, 0.3) is 0 Å². The summed E-state index contributed by atoms with van der Waals surface area (Å²) in [4.78, 5) is 12.1. The van der Waals surface area contributed by atoms with E-state index in [2.05, 4.69) is 20.8 Å². The number of carbonyl (C=O) groups excluding carboxylic acids is 1. The van der Waals surface area contributed by atoms with Gasteiger partial charge in [-0.15, -0.1) is 5.10 Å². The van der Waals surface area contributed by atoms with Crippen molar-refractivity contribution in [1.29, 1.82) is 0 Å². The highest BCUT2D eigenvalue weighted by atomic mass is 16.5. The van der Waals surface area contributed by atoms with Crippen LogP contribution >= 0.6 is 0 Å². The van der Waals surface area contributed by atoms with Gasteiger partial charge in [0.15, 0.2) is 5.69 Å². The average Bonchev–Trinajstić information content (AvgIpc) is 3.26. The number of aromatic nitrogens is 4. The maximum absolute atomic E-state index is 12.1. The zero-order chi connectivity index (χ0) is 18.0. The first-order chi connectivity index (χ1) is 12.0. The SMILES string of the molecule is COCc1cn(C[C@H]2C[C@@H](NC(=O)c3cc(C)on3)[C@H](O)[C@@H]2O)nn1. The molecule has 0 bridgehead atoms. The van der Waals surface area contributed by atoms with Crippen LogP contribution in [-0.2, 0) is 17.9 Å². The second-order valence-corrected chi connectivity index (χ2v) is 6.24. The fourth-order valence-electron chi connectivity index (χ4n) is 3.05. The number of aryl methyl sites for hydroxylation is 1. The molecule has 2 heterocycles. The van der Waals surface area contributed by atoms with E-state index in [1.165, 1.54) is 6.07 Å². The first-order valence-electron chi connectivity index (χ1n) is 7.96. The molecule has 1 fully saturated rings. The molecule has 1 aliphatic carbocycles. The molecule has 3 rings (SSSR count). The van der Waals surface area contributed by atoms with Gasteiger partial charge in [-0.25, -0.2) is 0 Å². The highest BCUT2D eigenvalue weighted by Crippen LogP contribution is 2.28. The number of hydrogen-bond donors (Lipinski definition) is 3. The fraction of sp³-hybridized carbons (Fsp3) is 0.600. The molecule has 25 heavy (non-hydrogen) atoms. The van der Waals surface area contributed by atoms with Gasteiger partial charge in [-0.05, 0) is 13.3 Å². The Hall–Kier alpha value is -2.30. The summed E-state index contributed by atoms with van der Waals surface area (Å²) < 4.78 is 11.5. The molecular weight excluding hydrogens is 330 g/mol. The fourth-order valence-corrected chi connectivity index (χ4v) is 3.05. The van der Waals surface area contributed by atoms with Crippen LogP contribution in [-0.4, -0.2) is 61.6 Å². The first-order valence-corrected chi connectivity index (χ1v) is 7.96. The summed E-state index contributed by atoms with van der Waals surface area (Å²) in [7, 11) is 1.57. The van der Waals surface area contributed by atoms with Gasteiger partial charge in [-0.3, -0.25) is 9.48 Å². The van der Waals surface area contributed by atoms with E-state index < -0.39 is 24.2 Å². The van der Waals surface area contributed by atoms with Crippen LogP contribution in [0.1, 0.15) is 28.4 Å². The molecule has 3 N–H and O–H groups in total. The van der Waals surface area contributed by atoms with Crippen molar-refractivity contribution in [2.45, 2.75) is 44.7 Å². The minimum atomic E-state index is -1.07. The van der Waals surface area contributed by atoms with Crippen LogP contribution in [0.3, 0.4) is 0 Å². The third-order valence-corrected chi connectivity index (χ3v) is 4.28. The van der Waals surface area contributed by atoms with E-state index in [9.17, 15) is 15.0 Å². The van der Waals surface area contributed by atoms with Crippen molar-refractivity contribution in [3.63, 3.8) is 0 Å². The normalized spacial score (nSPS) is 26.1. The molecule has 1 aliphatic rings. The molecule has 0 aromatic carbocycles. The second kappa shape index (κ2) is 7.30. The van der Waals surface area contributed by atoms with Crippen molar-refractivity contribution >= 4 is 5.91 Å². The van der Waals surface area contributed by atoms with Crippen molar-refractivity contribution in [3.05, 3.63) is 29.4 Å². The van der Waals surface area contributed by atoms with Gasteiger partial charge in [0.2, 0.25) is 0 Å². The van der Waals surface area contributed by atoms with Gasteiger partial charge < -0.3 is 24.8 Å². The number of carbonyl (C=O) groups is 1.